The molecule has 6 nitrogen and oxygen atoms in total. The number of rotatable bonds is 4. The first-order chi connectivity index (χ1) is 9.81. The molecule has 0 aliphatic heterocycles. The monoisotopic (exact) mass is 370 g/mol. The largest absolute Gasteiger partial charge is 0.478 e. The lowest BCUT2D eigenvalue weighted by molar-refractivity contribution is 0.0696. The molecule has 1 aromatic heterocycles. The number of carbonyl (C=O) groups is 1. The molecule has 0 saturated carbocycles. The van der Waals surface area contributed by atoms with Crippen molar-refractivity contribution in [1.29, 1.82) is 0 Å². The fourth-order valence-electron chi connectivity index (χ4n) is 1.69. The molecule has 0 saturated heterocycles. The van der Waals surface area contributed by atoms with E-state index in [1.54, 1.807) is 6.92 Å². The van der Waals surface area contributed by atoms with Crippen molar-refractivity contribution in [3.8, 4) is 0 Å². The van der Waals surface area contributed by atoms with Crippen LogP contribution < -0.4 is 4.72 Å². The predicted molar refractivity (Wildman–Crippen MR) is 80.9 cm³/mol. The van der Waals surface area contributed by atoms with Gasteiger partial charge < -0.3 is 5.11 Å². The summed E-state index contributed by atoms with van der Waals surface area (Å²) in [5, 5.41) is 9.04. The van der Waals surface area contributed by atoms with E-state index >= 15 is 0 Å². The molecule has 0 aliphatic rings. The Morgan fingerprint density at radius 1 is 1.29 bits per heavy atom. The average molecular weight is 371 g/mol. The van der Waals surface area contributed by atoms with E-state index in [1.807, 2.05) is 0 Å². The van der Waals surface area contributed by atoms with Crippen LogP contribution in [0, 0.1) is 6.92 Å². The van der Waals surface area contributed by atoms with Gasteiger partial charge in [-0.2, -0.15) is 0 Å². The first-order valence-corrected chi connectivity index (χ1v) is 8.05. The van der Waals surface area contributed by atoms with Crippen LogP contribution in [0.4, 0.5) is 5.69 Å². The van der Waals surface area contributed by atoms with Crippen LogP contribution in [0.3, 0.4) is 0 Å². The second kappa shape index (κ2) is 5.82. The molecule has 2 aromatic rings. The predicted octanol–water partition coefficient (Wildman–Crippen LogP) is 2.65. The van der Waals surface area contributed by atoms with Gasteiger partial charge in [0.05, 0.1) is 11.3 Å². The van der Waals surface area contributed by atoms with Gasteiger partial charge in [-0.05, 0) is 52.7 Å². The Morgan fingerprint density at radius 2 is 1.90 bits per heavy atom. The van der Waals surface area contributed by atoms with Gasteiger partial charge in [-0.1, -0.05) is 0 Å². The maximum absolute atomic E-state index is 12.4. The highest BCUT2D eigenvalue weighted by molar-refractivity contribution is 9.10. The van der Waals surface area contributed by atoms with Crippen LogP contribution in [-0.2, 0) is 10.0 Å². The Labute approximate surface area is 130 Å². The van der Waals surface area contributed by atoms with E-state index in [2.05, 4.69) is 25.6 Å². The Kier molecular flexibility index (Phi) is 4.29. The number of pyridine rings is 1. The number of nitrogens with zero attached hydrogens (tertiary/aromatic N) is 1. The Hall–Kier alpha value is -1.93. The first kappa shape index (κ1) is 15.5. The summed E-state index contributed by atoms with van der Waals surface area (Å²) in [7, 11) is -3.91. The lowest BCUT2D eigenvalue weighted by atomic mass is 10.1. The number of nitrogens with one attached hydrogen (secondary N) is 1. The van der Waals surface area contributed by atoms with Crippen molar-refractivity contribution in [1.82, 2.24) is 4.98 Å². The van der Waals surface area contributed by atoms with Gasteiger partial charge in [0, 0.05) is 16.9 Å². The number of sulfonamides is 1. The van der Waals surface area contributed by atoms with E-state index in [0.29, 0.717) is 15.7 Å². The van der Waals surface area contributed by atoms with Crippen LogP contribution in [0.25, 0.3) is 0 Å². The van der Waals surface area contributed by atoms with E-state index in [4.69, 9.17) is 5.11 Å². The summed E-state index contributed by atoms with van der Waals surface area (Å²) < 4.78 is 27.5. The zero-order valence-corrected chi connectivity index (χ0v) is 13.3. The normalized spacial score (nSPS) is 11.1. The third kappa shape index (κ3) is 3.40. The number of aromatic nitrogens is 1. The van der Waals surface area contributed by atoms with Gasteiger partial charge in [-0.25, -0.2) is 13.2 Å². The molecule has 0 aliphatic carbocycles. The number of hydrogen-bond acceptors (Lipinski definition) is 4. The number of hydrogen-bond donors (Lipinski definition) is 2. The van der Waals surface area contributed by atoms with Crippen LogP contribution in [0.15, 0.2) is 46.0 Å². The number of aromatic carboxylic acids is 1. The number of carboxylic acid groups (broad SMARTS) is 1. The molecule has 21 heavy (non-hydrogen) atoms. The summed E-state index contributed by atoms with van der Waals surface area (Å²) in [6.07, 6.45) is 2.90. The molecule has 2 N–H and O–H groups in total. The van der Waals surface area contributed by atoms with E-state index in [-0.39, 0.29) is 10.5 Å². The van der Waals surface area contributed by atoms with Gasteiger partial charge in [0.2, 0.25) is 0 Å². The number of carboxylic acids is 1. The molecule has 0 spiro atoms. The molecule has 0 radical (unpaired) electrons. The van der Waals surface area contributed by atoms with E-state index in [9.17, 15) is 13.2 Å². The maximum Gasteiger partial charge on any atom is 0.335 e. The smallest absolute Gasteiger partial charge is 0.335 e. The fraction of sp³-hybridized carbons (Fsp3) is 0.0769. The van der Waals surface area contributed by atoms with Crippen LogP contribution in [0.5, 0.6) is 0 Å². The number of aryl methyl sites for hydroxylation is 1. The van der Waals surface area contributed by atoms with Crippen molar-refractivity contribution in [3.63, 3.8) is 0 Å². The van der Waals surface area contributed by atoms with Crippen LogP contribution >= 0.6 is 15.9 Å². The number of anilines is 1. The Balaban J connectivity index is 2.52. The Bertz CT molecular complexity index is 791. The summed E-state index contributed by atoms with van der Waals surface area (Å²) in [4.78, 5) is 14.7. The molecule has 8 heteroatoms. The average Bonchev–Trinajstić information content (AvgIpc) is 2.41. The topological polar surface area (TPSA) is 96.4 Å². The van der Waals surface area contributed by atoms with Crippen molar-refractivity contribution in [3.05, 3.63) is 52.3 Å². The third-order valence-corrected chi connectivity index (χ3v) is 5.41. The summed E-state index contributed by atoms with van der Waals surface area (Å²) in [5.74, 6) is -1.19. The highest BCUT2D eigenvalue weighted by atomic mass is 79.9. The second-order valence-electron chi connectivity index (χ2n) is 4.25. The first-order valence-electron chi connectivity index (χ1n) is 5.77. The van der Waals surface area contributed by atoms with Gasteiger partial charge in [0.25, 0.3) is 10.0 Å². The quantitative estimate of drug-likeness (QED) is 0.862. The highest BCUT2D eigenvalue weighted by Gasteiger charge is 2.21. The minimum atomic E-state index is -3.91. The van der Waals surface area contributed by atoms with E-state index in [1.165, 1.54) is 30.6 Å². The number of benzene rings is 1. The molecular formula is C13H11BrN2O4S. The molecule has 110 valence electrons. The van der Waals surface area contributed by atoms with Gasteiger partial charge in [0.1, 0.15) is 4.90 Å². The second-order valence-corrected chi connectivity index (χ2v) is 6.70. The molecule has 0 atom stereocenters. The summed E-state index contributed by atoms with van der Waals surface area (Å²) >= 11 is 3.19. The Morgan fingerprint density at radius 3 is 2.48 bits per heavy atom. The lowest BCUT2D eigenvalue weighted by Crippen LogP contribution is -2.15. The molecule has 0 fully saturated rings. The molecule has 2 rings (SSSR count). The minimum absolute atomic E-state index is 0.0918. The highest BCUT2D eigenvalue weighted by Crippen LogP contribution is 2.28. The maximum atomic E-state index is 12.4. The van der Waals surface area contributed by atoms with E-state index in [0.717, 1.165) is 6.07 Å². The zero-order chi connectivity index (χ0) is 15.6. The molecule has 1 aromatic carbocycles. The number of halogens is 1. The standard InChI is InChI=1S/C13H11BrN2O4S/c1-8-6-9(13(17)18)7-11(12(8)14)21(19,20)16-10-2-4-15-5-3-10/h2-7H,1H3,(H,15,16)(H,17,18). The minimum Gasteiger partial charge on any atom is -0.478 e. The molecule has 0 bridgehead atoms. The molecule has 0 amide bonds. The third-order valence-electron chi connectivity index (χ3n) is 2.69. The van der Waals surface area contributed by atoms with Gasteiger partial charge in [-0.15, -0.1) is 0 Å². The fourth-order valence-corrected chi connectivity index (χ4v) is 3.79. The van der Waals surface area contributed by atoms with Gasteiger partial charge in [-0.3, -0.25) is 9.71 Å². The molecular weight excluding hydrogens is 360 g/mol. The lowest BCUT2D eigenvalue weighted by Gasteiger charge is -2.12. The van der Waals surface area contributed by atoms with E-state index < -0.39 is 16.0 Å². The van der Waals surface area contributed by atoms with Crippen molar-refractivity contribution in [2.75, 3.05) is 4.72 Å². The van der Waals surface area contributed by atoms with Gasteiger partial charge >= 0.3 is 5.97 Å². The van der Waals surface area contributed by atoms with Gasteiger partial charge in [0.15, 0.2) is 0 Å². The summed E-state index contributed by atoms with van der Waals surface area (Å²) in [6, 6.07) is 5.51. The van der Waals surface area contributed by atoms with Crippen LogP contribution in [0.2, 0.25) is 0 Å². The SMILES string of the molecule is Cc1cc(C(=O)O)cc(S(=O)(=O)Nc2ccncc2)c1Br. The molecule has 0 unspecified atom stereocenters. The summed E-state index contributed by atoms with van der Waals surface area (Å²) in [6.45, 7) is 1.63. The van der Waals surface area contributed by atoms with Crippen molar-refractivity contribution < 1.29 is 18.3 Å². The van der Waals surface area contributed by atoms with Crippen molar-refractivity contribution >= 4 is 37.6 Å². The van der Waals surface area contributed by atoms with Crippen molar-refractivity contribution in [2.24, 2.45) is 0 Å². The summed E-state index contributed by atoms with van der Waals surface area (Å²) in [5.41, 5.74) is 0.770. The zero-order valence-electron chi connectivity index (χ0n) is 10.9. The van der Waals surface area contributed by atoms with Crippen LogP contribution in [-0.4, -0.2) is 24.5 Å². The molecule has 1 heterocycles. The van der Waals surface area contributed by atoms with Crippen molar-refractivity contribution in [2.45, 2.75) is 11.8 Å². The van der Waals surface area contributed by atoms with Crippen LogP contribution in [0.1, 0.15) is 15.9 Å².